The number of Topliss-reactive ketones (excluding diaryl/α,β-unsaturated/α-hetero) is 1. The number of nitro benzene ring substituents is 1. The lowest BCUT2D eigenvalue weighted by atomic mass is 9.95. The van der Waals surface area contributed by atoms with Gasteiger partial charge >= 0.3 is 5.91 Å². The van der Waals surface area contributed by atoms with Crippen molar-refractivity contribution in [1.82, 2.24) is 4.98 Å². The Labute approximate surface area is 200 Å². The summed E-state index contributed by atoms with van der Waals surface area (Å²) >= 11 is 0.945. The zero-order valence-corrected chi connectivity index (χ0v) is 19.1. The summed E-state index contributed by atoms with van der Waals surface area (Å²) in [6.07, 6.45) is 0. The first-order valence-electron chi connectivity index (χ1n) is 10.3. The summed E-state index contributed by atoms with van der Waals surface area (Å²) in [7, 11) is 0. The lowest BCUT2D eigenvalue weighted by molar-refractivity contribution is -0.384. The molecule has 1 unspecified atom stereocenters. The molecule has 1 amide bonds. The van der Waals surface area contributed by atoms with Crippen LogP contribution in [-0.2, 0) is 9.59 Å². The van der Waals surface area contributed by atoms with E-state index in [0.29, 0.717) is 21.7 Å². The van der Waals surface area contributed by atoms with Crippen LogP contribution in [0.2, 0.25) is 0 Å². The average molecular weight is 493 g/mol. The molecule has 11 heteroatoms. The van der Waals surface area contributed by atoms with E-state index in [1.54, 1.807) is 19.9 Å². The first-order chi connectivity index (χ1) is 16.7. The van der Waals surface area contributed by atoms with E-state index in [4.69, 9.17) is 4.42 Å². The maximum atomic E-state index is 15.0. The van der Waals surface area contributed by atoms with Crippen molar-refractivity contribution >= 4 is 49.8 Å². The lowest BCUT2D eigenvalue weighted by Gasteiger charge is -2.23. The number of aliphatic hydroxyl groups is 1. The van der Waals surface area contributed by atoms with Crippen molar-refractivity contribution in [3.8, 4) is 0 Å². The number of hydrogen-bond donors (Lipinski definition) is 1. The van der Waals surface area contributed by atoms with E-state index in [0.717, 1.165) is 16.2 Å². The second kappa shape index (κ2) is 8.13. The second-order valence-electron chi connectivity index (χ2n) is 7.92. The molecule has 5 rings (SSSR count). The fraction of sp³-hybridized carbons (Fsp3) is 0.125. The van der Waals surface area contributed by atoms with Gasteiger partial charge in [-0.15, -0.1) is 0 Å². The molecule has 9 nitrogen and oxygen atoms in total. The number of carbonyl (C=O) groups is 2. The zero-order valence-electron chi connectivity index (χ0n) is 18.3. The number of aliphatic hydroxyl groups excluding tert-OH is 1. The standard InChI is InChI=1S/C24H16FN3O6S/c1-11-9-15(12(2)34-11)21(29)19-20(14-5-3-4-6-16(14)25)27(23(31)22(19)30)24-26-17-8-7-13(28(32)33)10-18(17)35-24/h3-10,20,29H,1-2H3/b21-19+. The van der Waals surface area contributed by atoms with Crippen molar-refractivity contribution < 1.29 is 28.4 Å². The molecule has 1 aliphatic rings. The molecule has 35 heavy (non-hydrogen) atoms. The molecular weight excluding hydrogens is 477 g/mol. The Morgan fingerprint density at radius 3 is 2.60 bits per heavy atom. The largest absolute Gasteiger partial charge is 0.507 e. The number of aromatic nitrogens is 1. The minimum absolute atomic E-state index is 0.0173. The summed E-state index contributed by atoms with van der Waals surface area (Å²) in [6.45, 7) is 3.26. The molecule has 1 N–H and O–H groups in total. The zero-order chi connectivity index (χ0) is 25.0. The van der Waals surface area contributed by atoms with Crippen LogP contribution in [0.25, 0.3) is 16.0 Å². The van der Waals surface area contributed by atoms with Gasteiger partial charge in [-0.25, -0.2) is 9.37 Å². The Balaban J connectivity index is 1.75. The molecule has 1 atom stereocenters. The van der Waals surface area contributed by atoms with Crippen LogP contribution in [0.5, 0.6) is 0 Å². The van der Waals surface area contributed by atoms with Crippen LogP contribution in [0.1, 0.15) is 28.7 Å². The second-order valence-corrected chi connectivity index (χ2v) is 8.93. The molecule has 4 aromatic rings. The van der Waals surface area contributed by atoms with Gasteiger partial charge in [0.25, 0.3) is 11.5 Å². The lowest BCUT2D eigenvalue weighted by Crippen LogP contribution is -2.29. The molecule has 0 aliphatic carbocycles. The van der Waals surface area contributed by atoms with Gasteiger partial charge in [0.15, 0.2) is 5.13 Å². The number of fused-ring (bicyclic) bond motifs is 1. The van der Waals surface area contributed by atoms with Crippen LogP contribution in [-0.4, -0.2) is 26.7 Å². The third-order valence-corrected chi connectivity index (χ3v) is 6.74. The quantitative estimate of drug-likeness (QED) is 0.136. The summed E-state index contributed by atoms with van der Waals surface area (Å²) in [5.74, 6) is -2.40. The van der Waals surface area contributed by atoms with Crippen LogP contribution in [0.15, 0.2) is 58.5 Å². The van der Waals surface area contributed by atoms with E-state index in [1.165, 1.54) is 42.5 Å². The fourth-order valence-electron chi connectivity index (χ4n) is 4.15. The van der Waals surface area contributed by atoms with E-state index >= 15 is 0 Å². The highest BCUT2D eigenvalue weighted by molar-refractivity contribution is 7.22. The van der Waals surface area contributed by atoms with Crippen LogP contribution in [0.3, 0.4) is 0 Å². The molecule has 2 aromatic carbocycles. The Bertz CT molecular complexity index is 1590. The first-order valence-corrected chi connectivity index (χ1v) is 11.2. The molecule has 1 fully saturated rings. The SMILES string of the molecule is Cc1cc(/C(O)=C2\C(=O)C(=O)N(c3nc4ccc([N+](=O)[O-])cc4s3)C2c2ccccc2F)c(C)o1. The smallest absolute Gasteiger partial charge is 0.301 e. The first kappa shape index (κ1) is 22.4. The molecule has 0 saturated carbocycles. The van der Waals surface area contributed by atoms with Crippen LogP contribution in [0, 0.1) is 29.8 Å². The van der Waals surface area contributed by atoms with Crippen molar-refractivity contribution in [3.05, 3.63) is 92.7 Å². The van der Waals surface area contributed by atoms with E-state index in [2.05, 4.69) is 4.98 Å². The number of non-ortho nitro benzene ring substituents is 1. The fourth-order valence-corrected chi connectivity index (χ4v) is 5.17. The predicted octanol–water partition coefficient (Wildman–Crippen LogP) is 5.18. The number of carbonyl (C=O) groups excluding carboxylic acids is 2. The van der Waals surface area contributed by atoms with Gasteiger partial charge < -0.3 is 9.52 Å². The predicted molar refractivity (Wildman–Crippen MR) is 126 cm³/mol. The summed E-state index contributed by atoms with van der Waals surface area (Å²) < 4.78 is 20.9. The molecular formula is C24H16FN3O6S. The van der Waals surface area contributed by atoms with Crippen molar-refractivity contribution in [2.45, 2.75) is 19.9 Å². The molecule has 0 bridgehead atoms. The minimum Gasteiger partial charge on any atom is -0.507 e. The minimum atomic E-state index is -1.32. The third-order valence-electron chi connectivity index (χ3n) is 5.72. The Morgan fingerprint density at radius 2 is 1.94 bits per heavy atom. The topological polar surface area (TPSA) is 127 Å². The van der Waals surface area contributed by atoms with Gasteiger partial charge in [0.2, 0.25) is 0 Å². The molecule has 1 saturated heterocycles. The number of ketones is 1. The van der Waals surface area contributed by atoms with Crippen LogP contribution in [0.4, 0.5) is 15.2 Å². The van der Waals surface area contributed by atoms with Gasteiger partial charge in [0.1, 0.15) is 29.1 Å². The highest BCUT2D eigenvalue weighted by Crippen LogP contribution is 2.45. The highest BCUT2D eigenvalue weighted by Gasteiger charge is 2.49. The summed E-state index contributed by atoms with van der Waals surface area (Å²) in [5.41, 5.74) is 0.0876. The van der Waals surface area contributed by atoms with Crippen molar-refractivity contribution in [2.24, 2.45) is 0 Å². The molecule has 0 spiro atoms. The number of thiazole rings is 1. The number of rotatable bonds is 4. The van der Waals surface area contributed by atoms with E-state index in [9.17, 15) is 29.2 Å². The van der Waals surface area contributed by atoms with Gasteiger partial charge in [-0.1, -0.05) is 29.5 Å². The Kier molecular flexibility index (Phi) is 5.21. The normalized spacial score (nSPS) is 17.5. The van der Waals surface area contributed by atoms with Gasteiger partial charge in [-0.3, -0.25) is 24.6 Å². The maximum Gasteiger partial charge on any atom is 0.301 e. The molecule has 3 heterocycles. The summed E-state index contributed by atoms with van der Waals surface area (Å²) in [4.78, 5) is 42.4. The molecule has 2 aromatic heterocycles. The summed E-state index contributed by atoms with van der Waals surface area (Å²) in [5, 5.41) is 22.3. The number of hydrogen-bond acceptors (Lipinski definition) is 8. The number of nitrogens with zero attached hydrogens (tertiary/aromatic N) is 3. The van der Waals surface area contributed by atoms with Crippen molar-refractivity contribution in [3.63, 3.8) is 0 Å². The van der Waals surface area contributed by atoms with Gasteiger partial charge in [-0.05, 0) is 32.0 Å². The Hall–Kier alpha value is -4.38. The van der Waals surface area contributed by atoms with Gasteiger partial charge in [0.05, 0.1) is 26.3 Å². The third kappa shape index (κ3) is 3.56. The average Bonchev–Trinajstić information content (AvgIpc) is 3.46. The monoisotopic (exact) mass is 493 g/mol. The molecule has 176 valence electrons. The van der Waals surface area contributed by atoms with Gasteiger partial charge in [-0.2, -0.15) is 0 Å². The van der Waals surface area contributed by atoms with Crippen molar-refractivity contribution in [2.75, 3.05) is 4.90 Å². The number of anilines is 1. The Morgan fingerprint density at radius 1 is 1.20 bits per heavy atom. The number of furan rings is 1. The highest BCUT2D eigenvalue weighted by atomic mass is 32.1. The van der Waals surface area contributed by atoms with Crippen LogP contribution >= 0.6 is 11.3 Å². The number of amides is 1. The number of halogens is 1. The number of aryl methyl sites for hydroxylation is 2. The van der Waals surface area contributed by atoms with E-state index in [-0.39, 0.29) is 27.5 Å². The maximum absolute atomic E-state index is 15.0. The number of nitro groups is 1. The van der Waals surface area contributed by atoms with Crippen LogP contribution < -0.4 is 4.90 Å². The van der Waals surface area contributed by atoms with Gasteiger partial charge in [0, 0.05) is 17.7 Å². The molecule has 1 aliphatic heterocycles. The summed E-state index contributed by atoms with van der Waals surface area (Å²) in [6, 6.07) is 9.83. The van der Waals surface area contributed by atoms with E-state index < -0.39 is 34.2 Å². The molecule has 0 radical (unpaired) electrons. The van der Waals surface area contributed by atoms with Crippen molar-refractivity contribution in [1.29, 1.82) is 0 Å². The number of benzene rings is 2. The van der Waals surface area contributed by atoms with E-state index in [1.807, 2.05) is 0 Å².